The molecule has 0 unspecified atom stereocenters. The van der Waals surface area contributed by atoms with Gasteiger partial charge in [0, 0.05) is 30.9 Å². The minimum atomic E-state index is 0.285. The second kappa shape index (κ2) is 9.13. The third-order valence-corrected chi connectivity index (χ3v) is 5.24. The number of hydrogen-bond acceptors (Lipinski definition) is 5. The quantitative estimate of drug-likeness (QED) is 0.745. The number of ether oxygens (including phenoxy) is 3. The van der Waals surface area contributed by atoms with Gasteiger partial charge in [-0.05, 0) is 49.9 Å². The van der Waals surface area contributed by atoms with E-state index in [-0.39, 0.29) is 6.10 Å². The van der Waals surface area contributed by atoms with Crippen molar-refractivity contribution >= 4 is 0 Å². The van der Waals surface area contributed by atoms with Gasteiger partial charge in [-0.1, -0.05) is 5.92 Å². The topological polar surface area (TPSA) is 48.8 Å². The van der Waals surface area contributed by atoms with E-state index in [4.69, 9.17) is 14.2 Å². The highest BCUT2D eigenvalue weighted by Gasteiger charge is 2.19. The van der Waals surface area contributed by atoms with Crippen LogP contribution in [0.5, 0.6) is 11.5 Å². The summed E-state index contributed by atoms with van der Waals surface area (Å²) >= 11 is 0. The Hall–Kier alpha value is -2.49. The Morgan fingerprint density at radius 3 is 2.75 bits per heavy atom. The molecule has 0 atom stereocenters. The molecule has 2 fully saturated rings. The monoisotopic (exact) mass is 381 g/mol. The second-order valence-electron chi connectivity index (χ2n) is 7.21. The molecule has 1 saturated carbocycles. The van der Waals surface area contributed by atoms with E-state index < -0.39 is 0 Å². The predicted octanol–water partition coefficient (Wildman–Crippen LogP) is 3.02. The number of hydrogen-bond donors (Lipinski definition) is 0. The maximum atomic E-state index is 6.20. The number of aromatic nitrogens is 2. The Morgan fingerprint density at radius 2 is 1.96 bits per heavy atom. The summed E-state index contributed by atoms with van der Waals surface area (Å²) in [5.74, 6) is 4.75. The third kappa shape index (κ3) is 4.67. The molecular weight excluding hydrogens is 354 g/mol. The molecular formula is C22H27N3O3. The normalized spacial score (nSPS) is 17.9. The van der Waals surface area contributed by atoms with Crippen LogP contribution in [0.3, 0.4) is 0 Å². The van der Waals surface area contributed by atoms with E-state index in [2.05, 4.69) is 22.0 Å². The summed E-state index contributed by atoms with van der Waals surface area (Å²) in [5.41, 5.74) is 1.88. The lowest BCUT2D eigenvalue weighted by Gasteiger charge is -2.24. The summed E-state index contributed by atoms with van der Waals surface area (Å²) in [5, 5.41) is 4.60. The zero-order valence-electron chi connectivity index (χ0n) is 16.4. The average molecular weight is 381 g/mol. The Balaban J connectivity index is 1.45. The standard InChI is InChI=1S/C22H27N3O3/c1-26-21-8-7-18(17-22(21)28-19-5-2-3-6-19)20-9-12-25(23-20)11-4-10-24-13-15-27-16-14-24/h7-9,12,17,19H,2-3,5-6,10,13-16H2,1H3. The number of benzene rings is 1. The molecule has 2 aliphatic rings. The summed E-state index contributed by atoms with van der Waals surface area (Å²) < 4.78 is 18.7. The lowest BCUT2D eigenvalue weighted by Crippen LogP contribution is -2.36. The van der Waals surface area contributed by atoms with E-state index in [1.54, 1.807) is 11.8 Å². The lowest BCUT2D eigenvalue weighted by atomic mass is 10.1. The Bertz CT molecular complexity index is 840. The van der Waals surface area contributed by atoms with Gasteiger partial charge in [-0.3, -0.25) is 4.90 Å². The van der Waals surface area contributed by atoms with Gasteiger partial charge in [-0.25, -0.2) is 0 Å². The maximum absolute atomic E-state index is 6.20. The number of rotatable bonds is 5. The lowest BCUT2D eigenvalue weighted by molar-refractivity contribution is 0.0443. The molecule has 2 heterocycles. The van der Waals surface area contributed by atoms with Gasteiger partial charge in [0.05, 0.1) is 38.7 Å². The smallest absolute Gasteiger partial charge is 0.162 e. The first-order valence-corrected chi connectivity index (χ1v) is 10.0. The van der Waals surface area contributed by atoms with Crippen molar-refractivity contribution in [3.05, 3.63) is 30.5 Å². The van der Waals surface area contributed by atoms with Crippen LogP contribution in [0, 0.1) is 12.0 Å². The molecule has 6 nitrogen and oxygen atoms in total. The van der Waals surface area contributed by atoms with Crippen LogP contribution in [-0.4, -0.2) is 60.7 Å². The van der Waals surface area contributed by atoms with Gasteiger partial charge in [0.25, 0.3) is 0 Å². The average Bonchev–Trinajstić information content (AvgIpc) is 3.41. The van der Waals surface area contributed by atoms with Crippen molar-refractivity contribution in [3.8, 4) is 34.7 Å². The number of nitrogens with zero attached hydrogens (tertiary/aromatic N) is 3. The van der Waals surface area contributed by atoms with Gasteiger partial charge >= 0.3 is 0 Å². The van der Waals surface area contributed by atoms with Crippen LogP contribution in [0.4, 0.5) is 0 Å². The van der Waals surface area contributed by atoms with E-state index in [0.29, 0.717) is 0 Å². The molecule has 4 rings (SSSR count). The van der Waals surface area contributed by atoms with Gasteiger partial charge < -0.3 is 14.2 Å². The zero-order valence-corrected chi connectivity index (χ0v) is 16.4. The van der Waals surface area contributed by atoms with Crippen molar-refractivity contribution in [2.75, 3.05) is 40.0 Å². The summed E-state index contributed by atoms with van der Waals surface area (Å²) in [6.45, 7) is 4.19. The van der Waals surface area contributed by atoms with Crippen LogP contribution in [0.2, 0.25) is 0 Å². The van der Waals surface area contributed by atoms with Crippen LogP contribution < -0.4 is 9.47 Å². The van der Waals surface area contributed by atoms with Crippen molar-refractivity contribution < 1.29 is 14.2 Å². The summed E-state index contributed by atoms with van der Waals surface area (Å²) in [6.07, 6.45) is 6.87. The van der Waals surface area contributed by atoms with Crippen molar-refractivity contribution in [2.24, 2.45) is 0 Å². The molecule has 1 aliphatic heterocycles. The van der Waals surface area contributed by atoms with E-state index in [1.165, 1.54) is 12.8 Å². The van der Waals surface area contributed by atoms with Crippen molar-refractivity contribution in [3.63, 3.8) is 0 Å². The van der Waals surface area contributed by atoms with Gasteiger partial charge in [-0.15, -0.1) is 0 Å². The molecule has 0 radical (unpaired) electrons. The predicted molar refractivity (Wildman–Crippen MR) is 108 cm³/mol. The molecule has 1 aromatic carbocycles. The van der Waals surface area contributed by atoms with Crippen molar-refractivity contribution in [1.82, 2.24) is 14.7 Å². The summed E-state index contributed by atoms with van der Waals surface area (Å²) in [4.78, 5) is 2.29. The molecule has 0 spiro atoms. The number of methoxy groups -OCH3 is 1. The molecule has 0 amide bonds. The van der Waals surface area contributed by atoms with Crippen LogP contribution in [0.15, 0.2) is 30.5 Å². The van der Waals surface area contributed by atoms with E-state index in [0.717, 1.165) is 68.4 Å². The zero-order chi connectivity index (χ0) is 19.2. The fraction of sp³-hybridized carbons (Fsp3) is 0.500. The first kappa shape index (κ1) is 18.9. The number of morpholine rings is 1. The van der Waals surface area contributed by atoms with Crippen LogP contribution >= 0.6 is 0 Å². The van der Waals surface area contributed by atoms with E-state index in [9.17, 15) is 0 Å². The molecule has 28 heavy (non-hydrogen) atoms. The van der Waals surface area contributed by atoms with Crippen molar-refractivity contribution in [2.45, 2.75) is 31.8 Å². The highest BCUT2D eigenvalue weighted by Crippen LogP contribution is 2.34. The largest absolute Gasteiger partial charge is 0.493 e. The van der Waals surface area contributed by atoms with Gasteiger partial charge in [0.2, 0.25) is 0 Å². The Morgan fingerprint density at radius 1 is 1.14 bits per heavy atom. The molecule has 148 valence electrons. The first-order chi connectivity index (χ1) is 13.8. The van der Waals surface area contributed by atoms with Crippen molar-refractivity contribution in [1.29, 1.82) is 0 Å². The van der Waals surface area contributed by atoms with Gasteiger partial charge in [0.15, 0.2) is 11.5 Å². The highest BCUT2D eigenvalue weighted by molar-refractivity contribution is 5.63. The minimum Gasteiger partial charge on any atom is -0.493 e. The van der Waals surface area contributed by atoms with E-state index >= 15 is 0 Å². The molecule has 6 heteroatoms. The fourth-order valence-corrected chi connectivity index (χ4v) is 3.64. The summed E-state index contributed by atoms with van der Waals surface area (Å²) in [6, 6.07) is 11.0. The fourth-order valence-electron chi connectivity index (χ4n) is 3.64. The Labute approximate surface area is 166 Å². The molecule has 2 aromatic rings. The Kier molecular flexibility index (Phi) is 6.15. The summed E-state index contributed by atoms with van der Waals surface area (Å²) in [7, 11) is 1.68. The highest BCUT2D eigenvalue weighted by atomic mass is 16.5. The molecule has 0 bridgehead atoms. The minimum absolute atomic E-state index is 0.285. The van der Waals surface area contributed by atoms with Crippen LogP contribution in [-0.2, 0) is 4.74 Å². The molecule has 1 aliphatic carbocycles. The SMILES string of the molecule is COc1ccc(-c2ccn(C#CCN3CCOCC3)n2)cc1OC1CCCC1. The van der Waals surface area contributed by atoms with Crippen LogP contribution in [0.1, 0.15) is 25.7 Å². The van der Waals surface area contributed by atoms with Gasteiger partial charge in [0.1, 0.15) is 0 Å². The molecule has 0 N–H and O–H groups in total. The molecule has 1 saturated heterocycles. The van der Waals surface area contributed by atoms with E-state index in [1.807, 2.05) is 30.5 Å². The van der Waals surface area contributed by atoms with Gasteiger partial charge in [-0.2, -0.15) is 9.78 Å². The maximum Gasteiger partial charge on any atom is 0.162 e. The molecule has 1 aromatic heterocycles. The van der Waals surface area contributed by atoms with Crippen LogP contribution in [0.25, 0.3) is 11.3 Å². The first-order valence-electron chi connectivity index (χ1n) is 10.0. The third-order valence-electron chi connectivity index (χ3n) is 5.24. The second-order valence-corrected chi connectivity index (χ2v) is 7.21.